The second-order valence-electron chi connectivity index (χ2n) is 6.66. The lowest BCUT2D eigenvalue weighted by molar-refractivity contribution is -0.121. The van der Waals surface area contributed by atoms with Gasteiger partial charge in [-0.2, -0.15) is 0 Å². The van der Waals surface area contributed by atoms with Crippen molar-refractivity contribution >= 4 is 17.7 Å². The van der Waals surface area contributed by atoms with Crippen molar-refractivity contribution in [3.8, 4) is 11.4 Å². The second-order valence-corrected chi connectivity index (χ2v) is 6.66. The fourth-order valence-electron chi connectivity index (χ4n) is 3.56. The third-order valence-corrected chi connectivity index (χ3v) is 4.96. The molecule has 2 amide bonds. The number of cyclic esters (lactones) is 1. The summed E-state index contributed by atoms with van der Waals surface area (Å²) in [6, 6.07) is 1.34. The van der Waals surface area contributed by atoms with Gasteiger partial charge in [0, 0.05) is 30.4 Å². The minimum Gasteiger partial charge on any atom is -0.483 e. The number of aromatic nitrogens is 2. The Morgan fingerprint density at radius 1 is 1.43 bits per heavy atom. The van der Waals surface area contributed by atoms with Crippen molar-refractivity contribution in [3.05, 3.63) is 35.7 Å². The van der Waals surface area contributed by atoms with Crippen molar-refractivity contribution in [3.63, 3.8) is 0 Å². The Balaban J connectivity index is 1.67. The second kappa shape index (κ2) is 7.14. The highest BCUT2D eigenvalue weighted by atomic mass is 19.1. The summed E-state index contributed by atoms with van der Waals surface area (Å²) in [4.78, 5) is 29.4. The molecular formula is C19H21FN4O4. The predicted octanol–water partition coefficient (Wildman–Crippen LogP) is 2.32. The van der Waals surface area contributed by atoms with E-state index in [0.717, 1.165) is 5.56 Å². The minimum atomic E-state index is -0.566. The summed E-state index contributed by atoms with van der Waals surface area (Å²) in [7, 11) is 0. The average Bonchev–Trinajstić information content (AvgIpc) is 3.31. The molecule has 1 fully saturated rings. The lowest BCUT2D eigenvalue weighted by Gasteiger charge is -2.26. The third-order valence-electron chi connectivity index (χ3n) is 4.96. The van der Waals surface area contributed by atoms with E-state index in [2.05, 4.69) is 10.3 Å². The van der Waals surface area contributed by atoms with Crippen LogP contribution in [0.2, 0.25) is 0 Å². The van der Waals surface area contributed by atoms with E-state index in [4.69, 9.17) is 9.47 Å². The van der Waals surface area contributed by atoms with Gasteiger partial charge in [-0.3, -0.25) is 14.3 Å². The third kappa shape index (κ3) is 2.96. The van der Waals surface area contributed by atoms with Crippen LogP contribution in [0, 0.1) is 5.82 Å². The van der Waals surface area contributed by atoms with Crippen molar-refractivity contribution in [2.24, 2.45) is 0 Å². The summed E-state index contributed by atoms with van der Waals surface area (Å²) in [6.07, 6.45) is 3.13. The molecule has 1 N–H and O–H groups in total. The van der Waals surface area contributed by atoms with Gasteiger partial charge in [0.05, 0.1) is 18.8 Å². The Kier molecular flexibility index (Phi) is 4.66. The van der Waals surface area contributed by atoms with Crippen LogP contribution in [-0.2, 0) is 22.6 Å². The molecule has 0 spiro atoms. The predicted molar refractivity (Wildman–Crippen MR) is 98.1 cm³/mol. The van der Waals surface area contributed by atoms with Crippen LogP contribution < -0.4 is 15.0 Å². The van der Waals surface area contributed by atoms with E-state index in [-0.39, 0.29) is 25.6 Å². The molecule has 0 bridgehead atoms. The number of carbonyl (C=O) groups excluding carboxylic acids is 2. The molecule has 2 aliphatic rings. The van der Waals surface area contributed by atoms with Gasteiger partial charge in [-0.25, -0.2) is 14.2 Å². The van der Waals surface area contributed by atoms with Crippen LogP contribution in [0.15, 0.2) is 18.5 Å². The van der Waals surface area contributed by atoms with Gasteiger partial charge in [-0.1, -0.05) is 13.8 Å². The van der Waals surface area contributed by atoms with Crippen molar-refractivity contribution in [2.45, 2.75) is 39.4 Å². The smallest absolute Gasteiger partial charge is 0.414 e. The number of fused-ring (bicyclic) bond motifs is 3. The first-order valence-corrected chi connectivity index (χ1v) is 9.29. The molecule has 2 aromatic rings. The molecule has 9 heteroatoms. The van der Waals surface area contributed by atoms with Gasteiger partial charge in [0.25, 0.3) is 0 Å². The van der Waals surface area contributed by atoms with E-state index in [1.165, 1.54) is 11.0 Å². The summed E-state index contributed by atoms with van der Waals surface area (Å²) in [6.45, 7) is 4.34. The van der Waals surface area contributed by atoms with Crippen molar-refractivity contribution < 1.29 is 23.5 Å². The fourth-order valence-corrected chi connectivity index (χ4v) is 3.56. The number of benzene rings is 1. The molecule has 8 nitrogen and oxygen atoms in total. The van der Waals surface area contributed by atoms with E-state index in [1.807, 2.05) is 6.92 Å². The minimum absolute atomic E-state index is 0.117. The molecule has 1 aromatic heterocycles. The highest BCUT2D eigenvalue weighted by Crippen LogP contribution is 2.41. The van der Waals surface area contributed by atoms with Gasteiger partial charge >= 0.3 is 6.09 Å². The molecular weight excluding hydrogens is 367 g/mol. The molecule has 0 radical (unpaired) electrons. The summed E-state index contributed by atoms with van der Waals surface area (Å²) in [5.41, 5.74) is 1.46. The van der Waals surface area contributed by atoms with Crippen LogP contribution in [0.3, 0.4) is 0 Å². The fraction of sp³-hybridized carbons (Fsp3) is 0.421. The number of imidazole rings is 1. The quantitative estimate of drug-likeness (QED) is 0.850. The number of ether oxygens (including phenoxy) is 2. The van der Waals surface area contributed by atoms with Gasteiger partial charge in [0.15, 0.2) is 17.4 Å². The Morgan fingerprint density at radius 2 is 2.25 bits per heavy atom. The Hall–Kier alpha value is -3.10. The SMILES string of the molecule is CCC(=O)NC[C@H]1CN(c2cc(F)c3c(c2CC)OCc2nccn2-3)C(=O)O1. The number of nitrogens with one attached hydrogen (secondary N) is 1. The van der Waals surface area contributed by atoms with Gasteiger partial charge in [0.2, 0.25) is 5.91 Å². The molecule has 1 saturated heterocycles. The summed E-state index contributed by atoms with van der Waals surface area (Å²) < 4.78 is 27.8. The summed E-state index contributed by atoms with van der Waals surface area (Å²) in [5.74, 6) is 0.414. The number of hydrogen-bond donors (Lipinski definition) is 1. The zero-order valence-corrected chi connectivity index (χ0v) is 15.7. The first-order chi connectivity index (χ1) is 13.5. The van der Waals surface area contributed by atoms with Crippen LogP contribution >= 0.6 is 0 Å². The van der Waals surface area contributed by atoms with Crippen LogP contribution in [0.4, 0.5) is 14.9 Å². The molecule has 3 heterocycles. The molecule has 28 heavy (non-hydrogen) atoms. The molecule has 0 unspecified atom stereocenters. The van der Waals surface area contributed by atoms with E-state index < -0.39 is 18.0 Å². The topological polar surface area (TPSA) is 85.7 Å². The molecule has 0 saturated carbocycles. The maximum absolute atomic E-state index is 15.0. The number of hydrogen-bond acceptors (Lipinski definition) is 5. The summed E-state index contributed by atoms with van der Waals surface area (Å²) in [5, 5.41) is 2.71. The van der Waals surface area contributed by atoms with Gasteiger partial charge in [-0.15, -0.1) is 0 Å². The number of rotatable bonds is 5. The number of nitrogens with zero attached hydrogens (tertiary/aromatic N) is 3. The van der Waals surface area contributed by atoms with E-state index in [0.29, 0.717) is 35.8 Å². The molecule has 148 valence electrons. The number of amides is 2. The Labute approximate surface area is 161 Å². The lowest BCUT2D eigenvalue weighted by atomic mass is 10.0. The molecule has 1 atom stereocenters. The normalized spacial score (nSPS) is 17.6. The number of anilines is 1. The number of halogens is 1. The van der Waals surface area contributed by atoms with Crippen LogP contribution in [0.5, 0.6) is 5.75 Å². The highest BCUT2D eigenvalue weighted by Gasteiger charge is 2.36. The van der Waals surface area contributed by atoms with Crippen molar-refractivity contribution in [1.82, 2.24) is 14.9 Å². The Morgan fingerprint density at radius 3 is 3.00 bits per heavy atom. The Bertz CT molecular complexity index is 942. The highest BCUT2D eigenvalue weighted by molar-refractivity contribution is 5.92. The molecule has 4 rings (SSSR count). The molecule has 1 aromatic carbocycles. The first-order valence-electron chi connectivity index (χ1n) is 9.29. The number of carbonyl (C=O) groups is 2. The van der Waals surface area contributed by atoms with Gasteiger partial charge in [-0.05, 0) is 6.42 Å². The van der Waals surface area contributed by atoms with Crippen LogP contribution in [0.25, 0.3) is 5.69 Å². The van der Waals surface area contributed by atoms with E-state index in [9.17, 15) is 9.59 Å². The van der Waals surface area contributed by atoms with E-state index in [1.54, 1.807) is 23.9 Å². The van der Waals surface area contributed by atoms with Crippen molar-refractivity contribution in [1.29, 1.82) is 0 Å². The van der Waals surface area contributed by atoms with Gasteiger partial charge < -0.3 is 14.8 Å². The first kappa shape index (κ1) is 18.3. The lowest BCUT2D eigenvalue weighted by Crippen LogP contribution is -2.34. The maximum Gasteiger partial charge on any atom is 0.414 e. The molecule has 2 aliphatic heterocycles. The van der Waals surface area contributed by atoms with Crippen molar-refractivity contribution in [2.75, 3.05) is 18.0 Å². The van der Waals surface area contributed by atoms with Gasteiger partial charge in [0.1, 0.15) is 18.4 Å². The van der Waals surface area contributed by atoms with E-state index >= 15 is 4.39 Å². The maximum atomic E-state index is 15.0. The molecule has 0 aliphatic carbocycles. The standard InChI is InChI=1S/C19H21FN4O4/c1-3-12-14(24-9-11(28-19(24)26)8-22-16(25)4-2)7-13(20)17-18(12)27-10-15-21-5-6-23(15)17/h5-7,11H,3-4,8-10H2,1-2H3,(H,22,25)/t11-/m0/s1. The monoisotopic (exact) mass is 388 g/mol. The largest absolute Gasteiger partial charge is 0.483 e. The average molecular weight is 388 g/mol. The summed E-state index contributed by atoms with van der Waals surface area (Å²) >= 11 is 0. The zero-order chi connectivity index (χ0) is 19.8. The zero-order valence-electron chi connectivity index (χ0n) is 15.7. The van der Waals surface area contributed by atoms with Crippen LogP contribution in [0.1, 0.15) is 31.7 Å². The van der Waals surface area contributed by atoms with Crippen LogP contribution in [-0.4, -0.2) is 40.7 Å².